The minimum Gasteiger partial charge on any atom is -0.396 e. The average Bonchev–Trinajstić information content (AvgIpc) is 2.94. The highest BCUT2D eigenvalue weighted by molar-refractivity contribution is 5.14. The Bertz CT molecular complexity index is 800. The van der Waals surface area contributed by atoms with Gasteiger partial charge in [0.15, 0.2) is 0 Å². The van der Waals surface area contributed by atoms with Crippen molar-refractivity contribution in [2.75, 3.05) is 26.8 Å². The number of aliphatic hydroxyl groups excluding tert-OH is 6. The molecule has 0 aliphatic rings. The van der Waals surface area contributed by atoms with Gasteiger partial charge >= 0.3 is 0 Å². The van der Waals surface area contributed by atoms with Gasteiger partial charge in [-0.25, -0.2) is 0 Å². The summed E-state index contributed by atoms with van der Waals surface area (Å²) in [5, 5.41) is 60.4. The molecule has 6 N–H and O–H groups in total. The molecule has 0 bridgehead atoms. The molecule has 0 amide bonds. The second-order valence-corrected chi connectivity index (χ2v) is 10.3. The molecular weight excluding hydrogens is 532 g/mol. The van der Waals surface area contributed by atoms with Gasteiger partial charge in [-0.15, -0.1) is 0 Å². The van der Waals surface area contributed by atoms with Crippen LogP contribution in [0.2, 0.25) is 0 Å². The standard InChI is InChI=1S/C31H48O10/c32-13-11-30(40-22-38-20-24-7-3-1-4-8-24)18-28(36)16-26(34)15-27(35)17-29(37)19-31(12-14-33)41-23-39-21-25-9-5-2-6-10-25/h1-10,26-37H,11-23H2/t26-,27-,28+,29+,30+,31+/m0/s1. The van der Waals surface area contributed by atoms with Crippen LogP contribution in [0.4, 0.5) is 0 Å². The molecule has 0 saturated carbocycles. The lowest BCUT2D eigenvalue weighted by Gasteiger charge is -2.24. The van der Waals surface area contributed by atoms with Crippen LogP contribution < -0.4 is 0 Å². The van der Waals surface area contributed by atoms with Gasteiger partial charge in [-0.3, -0.25) is 0 Å². The van der Waals surface area contributed by atoms with E-state index in [2.05, 4.69) is 0 Å². The molecule has 0 heterocycles. The first-order valence-corrected chi connectivity index (χ1v) is 14.3. The van der Waals surface area contributed by atoms with Crippen LogP contribution in [-0.2, 0) is 32.2 Å². The Balaban J connectivity index is 1.64. The summed E-state index contributed by atoms with van der Waals surface area (Å²) in [5.74, 6) is 0. The van der Waals surface area contributed by atoms with Crippen molar-refractivity contribution in [2.45, 2.75) is 94.8 Å². The van der Waals surface area contributed by atoms with Gasteiger partial charge in [-0.05, 0) is 56.1 Å². The summed E-state index contributed by atoms with van der Waals surface area (Å²) in [4.78, 5) is 0. The van der Waals surface area contributed by atoms with Gasteiger partial charge in [0.05, 0.1) is 49.8 Å². The molecule has 2 rings (SSSR count). The van der Waals surface area contributed by atoms with Gasteiger partial charge in [-0.1, -0.05) is 60.7 Å². The molecule has 0 aliphatic heterocycles. The van der Waals surface area contributed by atoms with E-state index < -0.39 is 36.6 Å². The first-order valence-electron chi connectivity index (χ1n) is 14.3. The highest BCUT2D eigenvalue weighted by atomic mass is 16.7. The summed E-state index contributed by atoms with van der Waals surface area (Å²) < 4.78 is 22.4. The maximum atomic E-state index is 10.5. The second kappa shape index (κ2) is 21.7. The molecule has 10 heteroatoms. The Morgan fingerprint density at radius 2 is 0.829 bits per heavy atom. The molecule has 41 heavy (non-hydrogen) atoms. The number of hydrogen-bond donors (Lipinski definition) is 6. The van der Waals surface area contributed by atoms with E-state index in [0.29, 0.717) is 26.1 Å². The number of benzene rings is 2. The Kier molecular flexibility index (Phi) is 18.7. The van der Waals surface area contributed by atoms with E-state index >= 15 is 0 Å². The third-order valence-corrected chi connectivity index (χ3v) is 6.60. The normalized spacial score (nSPS) is 16.1. The largest absolute Gasteiger partial charge is 0.396 e. The zero-order chi connectivity index (χ0) is 29.7. The van der Waals surface area contributed by atoms with Crippen molar-refractivity contribution in [3.63, 3.8) is 0 Å². The smallest absolute Gasteiger partial charge is 0.147 e. The van der Waals surface area contributed by atoms with E-state index in [1.807, 2.05) is 60.7 Å². The van der Waals surface area contributed by atoms with Crippen molar-refractivity contribution in [1.82, 2.24) is 0 Å². The maximum absolute atomic E-state index is 10.5. The molecule has 0 unspecified atom stereocenters. The van der Waals surface area contributed by atoms with Crippen LogP contribution in [0.1, 0.15) is 56.1 Å². The Hall–Kier alpha value is -1.96. The molecular formula is C31H48O10. The van der Waals surface area contributed by atoms with Gasteiger partial charge in [0, 0.05) is 13.2 Å². The summed E-state index contributed by atoms with van der Waals surface area (Å²) in [5.41, 5.74) is 2.01. The van der Waals surface area contributed by atoms with Gasteiger partial charge in [0.2, 0.25) is 0 Å². The quantitative estimate of drug-likeness (QED) is 0.0804. The maximum Gasteiger partial charge on any atom is 0.147 e. The van der Waals surface area contributed by atoms with Crippen LogP contribution in [0.15, 0.2) is 60.7 Å². The zero-order valence-electron chi connectivity index (χ0n) is 23.7. The lowest BCUT2D eigenvalue weighted by Crippen LogP contribution is -2.30. The molecule has 0 spiro atoms. The third kappa shape index (κ3) is 16.9. The van der Waals surface area contributed by atoms with Crippen molar-refractivity contribution < 1.29 is 49.6 Å². The van der Waals surface area contributed by atoms with Crippen molar-refractivity contribution in [3.05, 3.63) is 71.8 Å². The van der Waals surface area contributed by atoms with Crippen LogP contribution in [0.3, 0.4) is 0 Å². The first-order chi connectivity index (χ1) is 19.9. The molecule has 2 aromatic carbocycles. The van der Waals surface area contributed by atoms with Crippen molar-refractivity contribution in [3.8, 4) is 0 Å². The number of aliphatic hydroxyl groups is 6. The van der Waals surface area contributed by atoms with Crippen LogP contribution >= 0.6 is 0 Å². The molecule has 0 fully saturated rings. The lowest BCUT2D eigenvalue weighted by atomic mass is 9.96. The Morgan fingerprint density at radius 3 is 1.17 bits per heavy atom. The molecule has 0 saturated heterocycles. The van der Waals surface area contributed by atoms with E-state index in [0.717, 1.165) is 11.1 Å². The third-order valence-electron chi connectivity index (χ3n) is 6.60. The summed E-state index contributed by atoms with van der Waals surface area (Å²) in [7, 11) is 0. The van der Waals surface area contributed by atoms with E-state index in [-0.39, 0.29) is 58.9 Å². The molecule has 10 nitrogen and oxygen atoms in total. The average molecular weight is 581 g/mol. The summed E-state index contributed by atoms with van der Waals surface area (Å²) >= 11 is 0. The van der Waals surface area contributed by atoms with Gasteiger partial charge in [0.25, 0.3) is 0 Å². The summed E-state index contributed by atoms with van der Waals surface area (Å²) in [6.45, 7) is 0.543. The van der Waals surface area contributed by atoms with Gasteiger partial charge < -0.3 is 49.6 Å². The van der Waals surface area contributed by atoms with Gasteiger partial charge in [0.1, 0.15) is 13.6 Å². The van der Waals surface area contributed by atoms with Crippen molar-refractivity contribution in [2.24, 2.45) is 0 Å². The molecule has 0 radical (unpaired) electrons. The fraction of sp³-hybridized carbons (Fsp3) is 0.613. The fourth-order valence-corrected chi connectivity index (χ4v) is 4.52. The van der Waals surface area contributed by atoms with Crippen LogP contribution in [0.25, 0.3) is 0 Å². The number of rotatable bonds is 24. The van der Waals surface area contributed by atoms with Crippen molar-refractivity contribution >= 4 is 0 Å². The summed E-state index contributed by atoms with van der Waals surface area (Å²) in [6.07, 6.45) is -3.71. The number of hydrogen-bond acceptors (Lipinski definition) is 10. The highest BCUT2D eigenvalue weighted by Gasteiger charge is 2.23. The van der Waals surface area contributed by atoms with Gasteiger partial charge in [-0.2, -0.15) is 0 Å². The van der Waals surface area contributed by atoms with E-state index in [1.165, 1.54) is 0 Å². The molecule has 232 valence electrons. The zero-order valence-corrected chi connectivity index (χ0v) is 23.7. The Morgan fingerprint density at radius 1 is 0.488 bits per heavy atom. The monoisotopic (exact) mass is 580 g/mol. The SMILES string of the molecule is OCC[C@H](C[C@H](O)C[C@@H](O)C[C@H](O)C[C@@H](O)C[C@@H](CCO)OCOCc1ccccc1)OCOCc1ccccc1. The van der Waals surface area contributed by atoms with Crippen LogP contribution in [0, 0.1) is 0 Å². The second-order valence-electron chi connectivity index (χ2n) is 10.3. The molecule has 6 atom stereocenters. The molecule has 0 aromatic heterocycles. The Labute approximate surface area is 243 Å². The minimum atomic E-state index is -0.993. The first kappa shape index (κ1) is 35.2. The van der Waals surface area contributed by atoms with Crippen LogP contribution in [0.5, 0.6) is 0 Å². The predicted octanol–water partition coefficient (Wildman–Crippen LogP) is 2.26. The topological polar surface area (TPSA) is 158 Å². The highest BCUT2D eigenvalue weighted by Crippen LogP contribution is 2.18. The van der Waals surface area contributed by atoms with E-state index in [4.69, 9.17) is 18.9 Å². The predicted molar refractivity (Wildman–Crippen MR) is 152 cm³/mol. The minimum absolute atomic E-state index is 0.00553. The number of ether oxygens (including phenoxy) is 4. The van der Waals surface area contributed by atoms with Crippen LogP contribution in [-0.4, -0.2) is 94.1 Å². The fourth-order valence-electron chi connectivity index (χ4n) is 4.52. The lowest BCUT2D eigenvalue weighted by molar-refractivity contribution is -0.113. The van der Waals surface area contributed by atoms with E-state index in [1.54, 1.807) is 0 Å². The van der Waals surface area contributed by atoms with Crippen molar-refractivity contribution in [1.29, 1.82) is 0 Å². The molecule has 2 aromatic rings. The van der Waals surface area contributed by atoms with E-state index in [9.17, 15) is 30.6 Å². The summed E-state index contributed by atoms with van der Waals surface area (Å²) in [6, 6.07) is 19.3. The molecule has 0 aliphatic carbocycles.